The largest absolute Gasteiger partial charge is 0.462 e. The third kappa shape index (κ3) is 8.41. The number of nitrogens with one attached hydrogen (secondary N) is 3. The third-order valence-electron chi connectivity index (χ3n) is 5.63. The highest BCUT2D eigenvalue weighted by molar-refractivity contribution is 7.54. The van der Waals surface area contributed by atoms with Crippen molar-refractivity contribution in [3.8, 4) is 0 Å². The monoisotopic (exact) mass is 634 g/mol. The van der Waals surface area contributed by atoms with Crippen LogP contribution in [0.3, 0.4) is 0 Å². The molecule has 19 heteroatoms. The number of ether oxygens (including phenoxy) is 3. The molecule has 41 heavy (non-hydrogen) atoms. The molecule has 6 atom stereocenters. The van der Waals surface area contributed by atoms with E-state index in [1.54, 1.807) is 32.7 Å². The molecule has 1 saturated heterocycles. The summed E-state index contributed by atoms with van der Waals surface area (Å²) in [6.07, 6.45) is -10.7. The minimum atomic E-state index is -4.67. The van der Waals surface area contributed by atoms with Crippen molar-refractivity contribution in [2.75, 3.05) is 6.61 Å². The summed E-state index contributed by atoms with van der Waals surface area (Å²) in [7, 11) is -4.67. The van der Waals surface area contributed by atoms with E-state index >= 15 is 0 Å². The molecule has 2 rings (SSSR count). The Balaban J connectivity index is 2.42. The summed E-state index contributed by atoms with van der Waals surface area (Å²) < 4.78 is 63.8. The first kappa shape index (κ1) is 35.0. The topological polar surface area (TPSA) is 208 Å². The van der Waals surface area contributed by atoms with Crippen LogP contribution in [0.15, 0.2) is 15.8 Å². The van der Waals surface area contributed by atoms with Crippen molar-refractivity contribution in [2.24, 2.45) is 0 Å². The van der Waals surface area contributed by atoms with Crippen LogP contribution < -0.4 is 21.4 Å². The van der Waals surface area contributed by atoms with Crippen molar-refractivity contribution in [1.82, 2.24) is 19.7 Å². The fourth-order valence-corrected chi connectivity index (χ4v) is 5.62. The maximum atomic E-state index is 14.5. The standard InChI is InChI=1S/C22H34ClF2N4O11P/c1-9(2)38-18(33)11(5)27-41(36,28-12(6)19(34)39-10(3)4)37-8-22(20(24)25)15(31)14(30)17(40-22)29-7-13(23)16(32)26-21(29)35/h7,9-12,14-15,17,20,30-31H,8H2,1-6H3,(H,26,32,35)(H2,27,28,36)/t11?,12?,14-,15+,17-,22-,41?/m1/s1. The van der Waals surface area contributed by atoms with Crippen molar-refractivity contribution >= 4 is 31.2 Å². The lowest BCUT2D eigenvalue weighted by molar-refractivity contribution is -0.192. The van der Waals surface area contributed by atoms with E-state index < -0.39 is 97.2 Å². The molecular formula is C22H34ClF2N4O11P. The summed E-state index contributed by atoms with van der Waals surface area (Å²) in [5.41, 5.74) is -5.31. The van der Waals surface area contributed by atoms with Gasteiger partial charge in [-0.25, -0.2) is 23.7 Å². The van der Waals surface area contributed by atoms with E-state index in [2.05, 4.69) is 10.2 Å². The normalized spacial score (nSPS) is 25.8. The highest BCUT2D eigenvalue weighted by Crippen LogP contribution is 2.46. The minimum Gasteiger partial charge on any atom is -0.462 e. The molecule has 0 aliphatic carbocycles. The van der Waals surface area contributed by atoms with Gasteiger partial charge in [0.2, 0.25) is 0 Å². The van der Waals surface area contributed by atoms with Crippen LogP contribution in [0.5, 0.6) is 0 Å². The molecule has 234 valence electrons. The fourth-order valence-electron chi connectivity index (χ4n) is 3.63. The molecule has 1 aromatic rings. The van der Waals surface area contributed by atoms with Crippen LogP contribution >= 0.6 is 19.3 Å². The molecule has 1 fully saturated rings. The number of esters is 2. The molecular weight excluding hydrogens is 601 g/mol. The Hall–Kier alpha value is -2.24. The van der Waals surface area contributed by atoms with E-state index in [0.29, 0.717) is 10.8 Å². The molecule has 0 radical (unpaired) electrons. The van der Waals surface area contributed by atoms with Crippen LogP contribution in [0.1, 0.15) is 47.8 Å². The smallest absolute Gasteiger partial charge is 0.342 e. The lowest BCUT2D eigenvalue weighted by Crippen LogP contribution is -2.53. The number of H-pyrrole nitrogens is 1. The summed E-state index contributed by atoms with van der Waals surface area (Å²) in [6, 6.07) is -2.72. The van der Waals surface area contributed by atoms with Crippen LogP contribution in [0, 0.1) is 0 Å². The van der Waals surface area contributed by atoms with E-state index in [0.717, 1.165) is 0 Å². The number of hydrogen-bond donors (Lipinski definition) is 5. The second-order valence-corrected chi connectivity index (χ2v) is 12.1. The van der Waals surface area contributed by atoms with Crippen molar-refractivity contribution < 1.29 is 51.9 Å². The molecule has 15 nitrogen and oxygen atoms in total. The Labute approximate surface area is 238 Å². The Morgan fingerprint density at radius 1 is 1.10 bits per heavy atom. The van der Waals surface area contributed by atoms with Gasteiger partial charge in [0, 0.05) is 6.20 Å². The van der Waals surface area contributed by atoms with E-state index in [1.165, 1.54) is 13.8 Å². The Morgan fingerprint density at radius 2 is 1.59 bits per heavy atom. The minimum absolute atomic E-state index is 0.478. The molecule has 0 spiro atoms. The van der Waals surface area contributed by atoms with Gasteiger partial charge in [0.1, 0.15) is 29.3 Å². The third-order valence-corrected chi connectivity index (χ3v) is 7.85. The van der Waals surface area contributed by atoms with Crippen molar-refractivity contribution in [3.05, 3.63) is 32.1 Å². The van der Waals surface area contributed by atoms with Gasteiger partial charge in [-0.3, -0.25) is 28.5 Å². The lowest BCUT2D eigenvalue weighted by atomic mass is 9.96. The number of aromatic amines is 1. The first-order valence-corrected chi connectivity index (χ1v) is 14.4. The second-order valence-electron chi connectivity index (χ2n) is 9.84. The van der Waals surface area contributed by atoms with E-state index in [1.807, 2.05) is 0 Å². The number of carbonyl (C=O) groups excluding carboxylic acids is 2. The van der Waals surface area contributed by atoms with Gasteiger partial charge in [-0.05, 0) is 41.5 Å². The zero-order chi connectivity index (χ0) is 31.4. The quantitative estimate of drug-likeness (QED) is 0.147. The Bertz CT molecular complexity index is 1230. The van der Waals surface area contributed by atoms with Crippen LogP contribution in [0.4, 0.5) is 8.78 Å². The van der Waals surface area contributed by atoms with Gasteiger partial charge in [-0.15, -0.1) is 0 Å². The SMILES string of the molecule is CC(C)OC(=O)C(C)NP(=O)(NC(C)C(=O)OC(C)C)OC[C@@]1(C(F)F)O[C@@H](n2cc(Cl)c(=O)[nH]c2=O)[C@H](O)[C@@H]1O. The molecule has 2 heterocycles. The molecule has 0 saturated carbocycles. The van der Waals surface area contributed by atoms with Crippen molar-refractivity contribution in [2.45, 2.75) is 96.3 Å². The summed E-state index contributed by atoms with van der Waals surface area (Å²) in [5, 5.41) is 25.2. The molecule has 0 bridgehead atoms. The zero-order valence-electron chi connectivity index (χ0n) is 23.0. The second kappa shape index (κ2) is 13.8. The van der Waals surface area contributed by atoms with Gasteiger partial charge < -0.3 is 28.9 Å². The number of nitrogens with zero attached hydrogens (tertiary/aromatic N) is 1. The first-order chi connectivity index (χ1) is 18.8. The van der Waals surface area contributed by atoms with Gasteiger partial charge in [0.15, 0.2) is 11.8 Å². The van der Waals surface area contributed by atoms with Gasteiger partial charge in [0.25, 0.3) is 12.0 Å². The fraction of sp³-hybridized carbons (Fsp3) is 0.727. The number of aliphatic hydroxyl groups is 2. The molecule has 1 aromatic heterocycles. The van der Waals surface area contributed by atoms with E-state index in [4.69, 9.17) is 30.3 Å². The average Bonchev–Trinajstić information content (AvgIpc) is 3.10. The van der Waals surface area contributed by atoms with Gasteiger partial charge >= 0.3 is 25.3 Å². The molecule has 1 aliphatic heterocycles. The van der Waals surface area contributed by atoms with Gasteiger partial charge in [0.05, 0.1) is 18.8 Å². The number of halogens is 3. The number of aromatic nitrogens is 2. The van der Waals surface area contributed by atoms with Crippen molar-refractivity contribution in [3.63, 3.8) is 0 Å². The summed E-state index contributed by atoms with van der Waals surface area (Å²) in [4.78, 5) is 50.3. The highest BCUT2D eigenvalue weighted by Gasteiger charge is 2.61. The van der Waals surface area contributed by atoms with Crippen LogP contribution in [-0.4, -0.2) is 86.8 Å². The van der Waals surface area contributed by atoms with Crippen LogP contribution in [0.2, 0.25) is 5.02 Å². The number of hydrogen-bond acceptors (Lipinski definition) is 11. The molecule has 0 amide bonds. The van der Waals surface area contributed by atoms with Crippen molar-refractivity contribution in [1.29, 1.82) is 0 Å². The molecule has 2 unspecified atom stereocenters. The van der Waals surface area contributed by atoms with Gasteiger partial charge in [-0.1, -0.05) is 11.6 Å². The predicted octanol–water partition coefficient (Wildman–Crippen LogP) is 0.429. The Kier molecular flexibility index (Phi) is 11.8. The van der Waals surface area contributed by atoms with Gasteiger partial charge in [-0.2, -0.15) is 0 Å². The number of alkyl halides is 2. The number of aliphatic hydroxyl groups excluding tert-OH is 2. The average molecular weight is 635 g/mol. The number of rotatable bonds is 13. The zero-order valence-corrected chi connectivity index (χ0v) is 24.7. The maximum Gasteiger partial charge on any atom is 0.342 e. The molecule has 5 N–H and O–H groups in total. The highest BCUT2D eigenvalue weighted by atomic mass is 35.5. The van der Waals surface area contributed by atoms with Crippen LogP contribution in [0.25, 0.3) is 0 Å². The summed E-state index contributed by atoms with van der Waals surface area (Å²) in [6.45, 7) is 7.27. The summed E-state index contributed by atoms with van der Waals surface area (Å²) >= 11 is 5.71. The lowest BCUT2D eigenvalue weighted by Gasteiger charge is -2.33. The van der Waals surface area contributed by atoms with E-state index in [-0.39, 0.29) is 0 Å². The van der Waals surface area contributed by atoms with Crippen LogP contribution in [-0.2, 0) is 32.9 Å². The molecule has 0 aromatic carbocycles. The molecule has 1 aliphatic rings. The van der Waals surface area contributed by atoms with E-state index in [9.17, 15) is 42.7 Å². The summed E-state index contributed by atoms with van der Waals surface area (Å²) in [5.74, 6) is -1.79. The number of carbonyl (C=O) groups is 2. The Morgan fingerprint density at radius 3 is 2.02 bits per heavy atom. The maximum absolute atomic E-state index is 14.5. The first-order valence-electron chi connectivity index (χ1n) is 12.4. The predicted molar refractivity (Wildman–Crippen MR) is 138 cm³/mol.